The van der Waals surface area contributed by atoms with Crippen LogP contribution in [0.4, 0.5) is 0 Å². The molecule has 0 spiro atoms. The standard InChI is InChI=1S/C15H18N2O3S2/c16-9-12-2-1-3-13(8-12)11-22(18,19)17-5-7-21-15-10-20-6-4-14(15)17/h1-3,8,14-15H,4-7,10-11H2/t14-,15-/m0/s1. The molecule has 22 heavy (non-hydrogen) atoms. The van der Waals surface area contributed by atoms with Crippen LogP contribution in [0.25, 0.3) is 0 Å². The van der Waals surface area contributed by atoms with Gasteiger partial charge in [-0.05, 0) is 24.1 Å². The molecule has 0 amide bonds. The van der Waals surface area contributed by atoms with E-state index in [9.17, 15) is 8.42 Å². The van der Waals surface area contributed by atoms with E-state index in [2.05, 4.69) is 0 Å². The Hall–Kier alpha value is -1.07. The van der Waals surface area contributed by atoms with E-state index < -0.39 is 10.0 Å². The molecule has 0 aliphatic carbocycles. The first kappa shape index (κ1) is 15.8. The van der Waals surface area contributed by atoms with Gasteiger partial charge in [-0.3, -0.25) is 0 Å². The summed E-state index contributed by atoms with van der Waals surface area (Å²) in [5, 5.41) is 9.18. The van der Waals surface area contributed by atoms with E-state index in [0.29, 0.717) is 30.9 Å². The van der Waals surface area contributed by atoms with E-state index in [4.69, 9.17) is 10.00 Å². The predicted octanol–water partition coefficient (Wildman–Crippen LogP) is 1.59. The first-order chi connectivity index (χ1) is 10.6. The molecule has 0 unspecified atom stereocenters. The lowest BCUT2D eigenvalue weighted by molar-refractivity contribution is 0.0625. The summed E-state index contributed by atoms with van der Waals surface area (Å²) in [6, 6.07) is 8.91. The fourth-order valence-corrected chi connectivity index (χ4v) is 6.31. The number of thioether (sulfide) groups is 1. The van der Waals surface area contributed by atoms with Crippen LogP contribution in [0.15, 0.2) is 24.3 Å². The normalized spacial score (nSPS) is 26.1. The van der Waals surface area contributed by atoms with E-state index >= 15 is 0 Å². The Morgan fingerprint density at radius 3 is 3.14 bits per heavy atom. The summed E-state index contributed by atoms with van der Waals surface area (Å²) in [7, 11) is -3.38. The predicted molar refractivity (Wildman–Crippen MR) is 86.0 cm³/mol. The minimum atomic E-state index is -3.38. The molecule has 7 heteroatoms. The average molecular weight is 338 g/mol. The number of fused-ring (bicyclic) bond motifs is 1. The highest BCUT2D eigenvalue weighted by atomic mass is 32.2. The molecule has 0 radical (unpaired) electrons. The van der Waals surface area contributed by atoms with Crippen molar-refractivity contribution in [1.29, 1.82) is 5.26 Å². The van der Waals surface area contributed by atoms with Crippen molar-refractivity contribution in [2.24, 2.45) is 0 Å². The van der Waals surface area contributed by atoms with E-state index in [0.717, 1.165) is 12.2 Å². The maximum atomic E-state index is 12.8. The number of hydrogen-bond donors (Lipinski definition) is 0. The molecule has 118 valence electrons. The third-order valence-electron chi connectivity index (χ3n) is 4.05. The van der Waals surface area contributed by atoms with Gasteiger partial charge >= 0.3 is 0 Å². The van der Waals surface area contributed by atoms with Crippen LogP contribution in [0.2, 0.25) is 0 Å². The van der Waals surface area contributed by atoms with Gasteiger partial charge < -0.3 is 4.74 Å². The Labute approximate surface area is 135 Å². The third-order valence-corrected chi connectivity index (χ3v) is 7.21. The smallest absolute Gasteiger partial charge is 0.218 e. The van der Waals surface area contributed by atoms with Crippen LogP contribution in [-0.4, -0.2) is 49.5 Å². The zero-order valence-corrected chi connectivity index (χ0v) is 13.8. The highest BCUT2D eigenvalue weighted by Crippen LogP contribution is 2.32. The molecule has 0 aromatic heterocycles. The molecule has 1 aromatic carbocycles. The molecule has 0 saturated carbocycles. The fourth-order valence-electron chi connectivity index (χ4n) is 3.02. The van der Waals surface area contributed by atoms with Gasteiger partial charge in [0, 0.05) is 30.2 Å². The number of sulfonamides is 1. The van der Waals surface area contributed by atoms with Crippen LogP contribution in [0.3, 0.4) is 0 Å². The molecular weight excluding hydrogens is 320 g/mol. The molecule has 2 heterocycles. The molecule has 2 fully saturated rings. The zero-order chi connectivity index (χ0) is 15.6. The number of rotatable bonds is 3. The van der Waals surface area contributed by atoms with Gasteiger partial charge in [-0.1, -0.05) is 12.1 Å². The minimum Gasteiger partial charge on any atom is -0.380 e. The molecule has 1 aromatic rings. The lowest BCUT2D eigenvalue weighted by Gasteiger charge is -2.42. The van der Waals surface area contributed by atoms with E-state index in [-0.39, 0.29) is 17.0 Å². The van der Waals surface area contributed by atoms with Crippen LogP contribution in [0.5, 0.6) is 0 Å². The molecule has 3 rings (SSSR count). The largest absolute Gasteiger partial charge is 0.380 e. The average Bonchev–Trinajstić information content (AvgIpc) is 2.54. The lowest BCUT2D eigenvalue weighted by atomic mass is 10.1. The minimum absolute atomic E-state index is 0.0386. The summed E-state index contributed by atoms with van der Waals surface area (Å²) < 4.78 is 32.7. The van der Waals surface area contributed by atoms with Crippen molar-refractivity contribution < 1.29 is 13.2 Å². The van der Waals surface area contributed by atoms with Crippen LogP contribution in [-0.2, 0) is 20.5 Å². The second-order valence-electron chi connectivity index (χ2n) is 5.52. The Morgan fingerprint density at radius 2 is 2.32 bits per heavy atom. The van der Waals surface area contributed by atoms with Crippen molar-refractivity contribution in [2.45, 2.75) is 23.5 Å². The Kier molecular flexibility index (Phi) is 4.73. The van der Waals surface area contributed by atoms with E-state index in [1.165, 1.54) is 0 Å². The summed E-state index contributed by atoms with van der Waals surface area (Å²) in [4.78, 5) is 0. The lowest BCUT2D eigenvalue weighted by Crippen LogP contribution is -2.54. The van der Waals surface area contributed by atoms with Gasteiger partial charge in [-0.15, -0.1) is 0 Å². The van der Waals surface area contributed by atoms with Gasteiger partial charge in [0.15, 0.2) is 0 Å². The number of nitriles is 1. The number of nitrogens with zero attached hydrogens (tertiary/aromatic N) is 2. The number of hydrogen-bond acceptors (Lipinski definition) is 5. The molecular formula is C15H18N2O3S2. The van der Waals surface area contributed by atoms with E-state index in [1.807, 2.05) is 6.07 Å². The van der Waals surface area contributed by atoms with Gasteiger partial charge in [0.25, 0.3) is 0 Å². The molecule has 2 aliphatic heterocycles. The van der Waals surface area contributed by atoms with Crippen LogP contribution in [0, 0.1) is 11.3 Å². The molecule has 2 atom stereocenters. The second kappa shape index (κ2) is 6.59. The summed E-state index contributed by atoms with van der Waals surface area (Å²) in [6.07, 6.45) is 0.759. The molecule has 0 bridgehead atoms. The van der Waals surface area contributed by atoms with Crippen molar-refractivity contribution in [2.75, 3.05) is 25.5 Å². The fraction of sp³-hybridized carbons (Fsp3) is 0.533. The Morgan fingerprint density at radius 1 is 1.45 bits per heavy atom. The summed E-state index contributed by atoms with van der Waals surface area (Å²) in [5.74, 6) is 0.763. The second-order valence-corrected chi connectivity index (χ2v) is 8.79. The van der Waals surface area contributed by atoms with Crippen molar-refractivity contribution in [3.8, 4) is 6.07 Å². The highest BCUT2D eigenvalue weighted by Gasteiger charge is 2.40. The summed E-state index contributed by atoms with van der Waals surface area (Å²) in [5.41, 5.74) is 1.16. The molecule has 2 saturated heterocycles. The van der Waals surface area contributed by atoms with Crippen LogP contribution in [0.1, 0.15) is 17.5 Å². The third kappa shape index (κ3) is 3.30. The van der Waals surface area contributed by atoms with Crippen molar-refractivity contribution >= 4 is 21.8 Å². The van der Waals surface area contributed by atoms with E-state index in [1.54, 1.807) is 40.3 Å². The summed E-state index contributed by atoms with van der Waals surface area (Å²) in [6.45, 7) is 1.81. The Bertz CT molecular complexity index is 682. The zero-order valence-electron chi connectivity index (χ0n) is 12.1. The topological polar surface area (TPSA) is 70.4 Å². The molecule has 0 N–H and O–H groups in total. The van der Waals surface area contributed by atoms with Gasteiger partial charge in [0.2, 0.25) is 10.0 Å². The highest BCUT2D eigenvalue weighted by molar-refractivity contribution is 8.00. The molecule has 2 aliphatic rings. The number of ether oxygens (including phenoxy) is 1. The van der Waals surface area contributed by atoms with Crippen molar-refractivity contribution in [3.05, 3.63) is 35.4 Å². The van der Waals surface area contributed by atoms with Gasteiger partial charge in [-0.2, -0.15) is 21.3 Å². The summed E-state index contributed by atoms with van der Waals surface area (Å²) >= 11 is 1.81. The van der Waals surface area contributed by atoms with Gasteiger partial charge in [0.1, 0.15) is 0 Å². The number of benzene rings is 1. The first-order valence-corrected chi connectivity index (χ1v) is 9.94. The Balaban J connectivity index is 1.80. The SMILES string of the molecule is N#Cc1cccc(CS(=O)(=O)N2CCS[C@H]3COCC[C@@H]32)c1. The van der Waals surface area contributed by atoms with Crippen molar-refractivity contribution in [3.63, 3.8) is 0 Å². The maximum absolute atomic E-state index is 12.8. The van der Waals surface area contributed by atoms with Crippen LogP contribution >= 0.6 is 11.8 Å². The molecule has 5 nitrogen and oxygen atoms in total. The van der Waals surface area contributed by atoms with Crippen LogP contribution < -0.4 is 0 Å². The maximum Gasteiger partial charge on any atom is 0.218 e. The monoisotopic (exact) mass is 338 g/mol. The van der Waals surface area contributed by atoms with Crippen molar-refractivity contribution in [1.82, 2.24) is 4.31 Å². The quantitative estimate of drug-likeness (QED) is 0.837. The first-order valence-electron chi connectivity index (χ1n) is 7.28. The van der Waals surface area contributed by atoms with Gasteiger partial charge in [0.05, 0.1) is 24.0 Å². The van der Waals surface area contributed by atoms with Gasteiger partial charge in [-0.25, -0.2) is 8.42 Å².